The zero-order chi connectivity index (χ0) is 10.4. The summed E-state index contributed by atoms with van der Waals surface area (Å²) in [4.78, 5) is 9.30. The molecule has 0 saturated heterocycles. The van der Waals surface area contributed by atoms with E-state index in [0.717, 1.165) is 6.07 Å². The van der Waals surface area contributed by atoms with Gasteiger partial charge in [0.25, 0.3) is 0 Å². The molecule has 0 heterocycles. The van der Waals surface area contributed by atoms with Gasteiger partial charge in [-0.2, -0.15) is 0 Å². The highest BCUT2D eigenvalue weighted by molar-refractivity contribution is 5.18. The SMILES string of the molecule is CCOOCCc1cccc(F)c1F. The highest BCUT2D eigenvalue weighted by atomic mass is 19.2. The van der Waals surface area contributed by atoms with Crippen LogP contribution >= 0.6 is 0 Å². The number of benzene rings is 1. The van der Waals surface area contributed by atoms with Gasteiger partial charge in [0.2, 0.25) is 0 Å². The van der Waals surface area contributed by atoms with Gasteiger partial charge >= 0.3 is 0 Å². The third-order valence-corrected chi connectivity index (χ3v) is 1.69. The first-order chi connectivity index (χ1) is 6.75. The lowest BCUT2D eigenvalue weighted by Crippen LogP contribution is -2.02. The van der Waals surface area contributed by atoms with Gasteiger partial charge < -0.3 is 0 Å². The molecule has 0 saturated carbocycles. The largest absolute Gasteiger partial charge is 0.237 e. The van der Waals surface area contributed by atoms with Crippen LogP contribution in [-0.4, -0.2) is 13.2 Å². The van der Waals surface area contributed by atoms with Crippen molar-refractivity contribution in [2.24, 2.45) is 0 Å². The average Bonchev–Trinajstić information content (AvgIpc) is 2.19. The number of rotatable bonds is 5. The van der Waals surface area contributed by atoms with Crippen LogP contribution in [0.15, 0.2) is 18.2 Å². The van der Waals surface area contributed by atoms with E-state index in [1.54, 1.807) is 6.92 Å². The van der Waals surface area contributed by atoms with E-state index in [0.29, 0.717) is 18.6 Å². The second-order valence-electron chi connectivity index (χ2n) is 2.69. The van der Waals surface area contributed by atoms with Gasteiger partial charge in [-0.15, -0.1) is 0 Å². The molecule has 0 bridgehead atoms. The number of hydrogen-bond acceptors (Lipinski definition) is 2. The normalized spacial score (nSPS) is 10.5. The molecule has 0 fully saturated rings. The summed E-state index contributed by atoms with van der Waals surface area (Å²) in [6.45, 7) is 2.43. The van der Waals surface area contributed by atoms with Crippen LogP contribution in [0.1, 0.15) is 12.5 Å². The van der Waals surface area contributed by atoms with Crippen LogP contribution in [-0.2, 0) is 16.2 Å². The molecule has 0 atom stereocenters. The lowest BCUT2D eigenvalue weighted by Gasteiger charge is -2.03. The van der Waals surface area contributed by atoms with Gasteiger partial charge in [0.1, 0.15) is 0 Å². The quantitative estimate of drug-likeness (QED) is 0.415. The highest BCUT2D eigenvalue weighted by Gasteiger charge is 2.06. The summed E-state index contributed by atoms with van der Waals surface area (Å²) in [6.07, 6.45) is 0.295. The summed E-state index contributed by atoms with van der Waals surface area (Å²) in [6, 6.07) is 4.07. The lowest BCUT2D eigenvalue weighted by atomic mass is 10.1. The Balaban J connectivity index is 2.46. The minimum atomic E-state index is -0.834. The van der Waals surface area contributed by atoms with Gasteiger partial charge in [-0.05, 0) is 18.6 Å². The predicted molar refractivity (Wildman–Crippen MR) is 47.6 cm³/mol. The molecule has 1 rings (SSSR count). The Bertz CT molecular complexity index is 289. The maximum absolute atomic E-state index is 13.0. The monoisotopic (exact) mass is 202 g/mol. The second-order valence-corrected chi connectivity index (χ2v) is 2.69. The fourth-order valence-electron chi connectivity index (χ4n) is 1.04. The van der Waals surface area contributed by atoms with Crippen molar-refractivity contribution in [1.29, 1.82) is 0 Å². The van der Waals surface area contributed by atoms with Gasteiger partial charge in [-0.25, -0.2) is 18.6 Å². The molecule has 0 aliphatic heterocycles. The number of hydrogen-bond donors (Lipinski definition) is 0. The Kier molecular flexibility index (Phi) is 4.49. The predicted octanol–water partition coefficient (Wildman–Crippen LogP) is 2.48. The van der Waals surface area contributed by atoms with E-state index in [1.807, 2.05) is 0 Å². The molecule has 2 nitrogen and oxygen atoms in total. The van der Waals surface area contributed by atoms with Crippen LogP contribution in [0.4, 0.5) is 8.78 Å². The fraction of sp³-hybridized carbons (Fsp3) is 0.400. The molecule has 1 aromatic rings. The van der Waals surface area contributed by atoms with Crippen molar-refractivity contribution >= 4 is 0 Å². The van der Waals surface area contributed by atoms with Crippen LogP contribution in [0.2, 0.25) is 0 Å². The first-order valence-electron chi connectivity index (χ1n) is 4.43. The van der Waals surface area contributed by atoms with E-state index >= 15 is 0 Å². The van der Waals surface area contributed by atoms with Crippen LogP contribution in [0.3, 0.4) is 0 Å². The summed E-state index contributed by atoms with van der Waals surface area (Å²) in [5, 5.41) is 0. The summed E-state index contributed by atoms with van der Waals surface area (Å²) >= 11 is 0. The molecule has 0 N–H and O–H groups in total. The average molecular weight is 202 g/mol. The van der Waals surface area contributed by atoms with Gasteiger partial charge in [0.15, 0.2) is 11.6 Å². The molecule has 0 amide bonds. The Morgan fingerprint density at radius 2 is 2.00 bits per heavy atom. The molecule has 0 unspecified atom stereocenters. The molecule has 4 heteroatoms. The summed E-state index contributed by atoms with van der Waals surface area (Å²) < 4.78 is 25.7. The van der Waals surface area contributed by atoms with Crippen LogP contribution in [0.5, 0.6) is 0 Å². The van der Waals surface area contributed by atoms with Crippen molar-refractivity contribution in [2.45, 2.75) is 13.3 Å². The molecule has 0 aliphatic rings. The molecular weight excluding hydrogens is 190 g/mol. The third kappa shape index (κ3) is 3.05. The van der Waals surface area contributed by atoms with E-state index in [4.69, 9.17) is 4.89 Å². The lowest BCUT2D eigenvalue weighted by molar-refractivity contribution is -0.290. The Hall–Kier alpha value is -1.00. The van der Waals surface area contributed by atoms with Crippen molar-refractivity contribution in [3.8, 4) is 0 Å². The summed E-state index contributed by atoms with van der Waals surface area (Å²) in [5.74, 6) is -1.65. The minimum Gasteiger partial charge on any atom is -0.237 e. The van der Waals surface area contributed by atoms with Crippen molar-refractivity contribution < 1.29 is 18.6 Å². The van der Waals surface area contributed by atoms with Crippen molar-refractivity contribution in [3.05, 3.63) is 35.4 Å². The molecule has 14 heavy (non-hydrogen) atoms. The Morgan fingerprint density at radius 1 is 1.21 bits per heavy atom. The van der Waals surface area contributed by atoms with E-state index < -0.39 is 11.6 Å². The van der Waals surface area contributed by atoms with Crippen molar-refractivity contribution in [3.63, 3.8) is 0 Å². The standard InChI is InChI=1S/C10H12F2O2/c1-2-13-14-7-6-8-4-3-5-9(11)10(8)12/h3-5H,2,6-7H2,1H3. The highest BCUT2D eigenvalue weighted by Crippen LogP contribution is 2.11. The van der Waals surface area contributed by atoms with Crippen LogP contribution < -0.4 is 0 Å². The van der Waals surface area contributed by atoms with Crippen LogP contribution in [0.25, 0.3) is 0 Å². The van der Waals surface area contributed by atoms with Gasteiger partial charge in [0.05, 0.1) is 13.2 Å². The van der Waals surface area contributed by atoms with Crippen molar-refractivity contribution in [2.75, 3.05) is 13.2 Å². The Labute approximate surface area is 81.4 Å². The van der Waals surface area contributed by atoms with Gasteiger partial charge in [-0.1, -0.05) is 12.1 Å². The third-order valence-electron chi connectivity index (χ3n) is 1.69. The summed E-state index contributed by atoms with van der Waals surface area (Å²) in [7, 11) is 0. The van der Waals surface area contributed by atoms with Gasteiger partial charge in [-0.3, -0.25) is 0 Å². The fourth-order valence-corrected chi connectivity index (χ4v) is 1.04. The molecule has 0 radical (unpaired) electrons. The molecule has 78 valence electrons. The molecule has 0 aliphatic carbocycles. The molecular formula is C10H12F2O2. The zero-order valence-corrected chi connectivity index (χ0v) is 7.93. The molecule has 1 aromatic carbocycles. The van der Waals surface area contributed by atoms with E-state index in [1.165, 1.54) is 12.1 Å². The first kappa shape index (κ1) is 11.1. The summed E-state index contributed by atoms with van der Waals surface area (Å²) in [5.41, 5.74) is 0.296. The number of halogens is 2. The van der Waals surface area contributed by atoms with E-state index in [9.17, 15) is 8.78 Å². The molecule has 0 spiro atoms. The zero-order valence-electron chi connectivity index (χ0n) is 7.93. The second kappa shape index (κ2) is 5.67. The topological polar surface area (TPSA) is 18.5 Å². The van der Waals surface area contributed by atoms with Crippen LogP contribution in [0, 0.1) is 11.6 Å². The minimum absolute atomic E-state index is 0.216. The Morgan fingerprint density at radius 3 is 2.71 bits per heavy atom. The smallest absolute Gasteiger partial charge is 0.162 e. The van der Waals surface area contributed by atoms with Crippen molar-refractivity contribution in [1.82, 2.24) is 0 Å². The molecule has 0 aromatic heterocycles. The first-order valence-corrected chi connectivity index (χ1v) is 4.43. The maximum Gasteiger partial charge on any atom is 0.162 e. The van der Waals surface area contributed by atoms with E-state index in [2.05, 4.69) is 4.89 Å². The van der Waals surface area contributed by atoms with Gasteiger partial charge in [0, 0.05) is 6.42 Å². The maximum atomic E-state index is 13.0. The van der Waals surface area contributed by atoms with E-state index in [-0.39, 0.29) is 6.61 Å².